The molecule has 2 aliphatic heterocycles. The number of benzene rings is 2. The monoisotopic (exact) mass is 728 g/mol. The number of fused-ring (bicyclic) bond motifs is 1. The Morgan fingerprint density at radius 1 is 1.13 bits per heavy atom. The van der Waals surface area contributed by atoms with E-state index in [9.17, 15) is 24.9 Å². The first-order valence-electron chi connectivity index (χ1n) is 16.0. The van der Waals surface area contributed by atoms with Crippen molar-refractivity contribution in [2.45, 2.75) is 71.1 Å². The van der Waals surface area contributed by atoms with Crippen LogP contribution < -0.4 is 4.74 Å². The SMILES string of the molecule is CC/C(=C\c1cc(I)c(O)c(OC)c1)CC[C@@H](O)C1=C(C)C[C@H]2C(=O)N(C3CCN(Cc4ccccc4)CC3)C(=O)[C@H]2[C@H]1CO. The van der Waals surface area contributed by atoms with Gasteiger partial charge in [-0.25, -0.2) is 0 Å². The number of aliphatic hydroxyl groups is 2. The molecule has 2 saturated heterocycles. The number of phenols is 1. The minimum Gasteiger partial charge on any atom is -0.504 e. The first-order chi connectivity index (χ1) is 21.7. The number of hydrogen-bond donors (Lipinski definition) is 3. The third-order valence-corrected chi connectivity index (χ3v) is 10.7. The van der Waals surface area contributed by atoms with Crippen molar-refractivity contribution in [2.24, 2.45) is 17.8 Å². The molecule has 45 heavy (non-hydrogen) atoms. The highest BCUT2D eigenvalue weighted by molar-refractivity contribution is 14.1. The zero-order valence-electron chi connectivity index (χ0n) is 26.4. The first kappa shape index (κ1) is 33.6. The second-order valence-corrected chi connectivity index (χ2v) is 13.8. The number of allylic oxidation sites excluding steroid dienone is 2. The Morgan fingerprint density at radius 2 is 1.84 bits per heavy atom. The molecule has 2 heterocycles. The maximum atomic E-state index is 13.9. The van der Waals surface area contributed by atoms with Crippen molar-refractivity contribution >= 4 is 40.5 Å². The largest absolute Gasteiger partial charge is 0.504 e. The number of methoxy groups -OCH3 is 1. The van der Waals surface area contributed by atoms with E-state index in [1.807, 2.05) is 31.2 Å². The Bertz CT molecular complexity index is 1450. The van der Waals surface area contributed by atoms with E-state index in [0.717, 1.165) is 61.2 Å². The molecule has 4 atom stereocenters. The van der Waals surface area contributed by atoms with E-state index >= 15 is 0 Å². The normalized spacial score (nSPS) is 23.9. The summed E-state index contributed by atoms with van der Waals surface area (Å²) >= 11 is 2.08. The molecule has 9 heteroatoms. The van der Waals surface area contributed by atoms with Crippen LogP contribution in [0.15, 0.2) is 59.2 Å². The number of carbonyl (C=O) groups excluding carboxylic acids is 2. The van der Waals surface area contributed by atoms with Crippen LogP contribution >= 0.6 is 22.6 Å². The van der Waals surface area contributed by atoms with Gasteiger partial charge in [-0.2, -0.15) is 0 Å². The number of rotatable bonds is 11. The Morgan fingerprint density at radius 3 is 2.49 bits per heavy atom. The van der Waals surface area contributed by atoms with Gasteiger partial charge in [0.1, 0.15) is 0 Å². The smallest absolute Gasteiger partial charge is 0.234 e. The summed E-state index contributed by atoms with van der Waals surface area (Å²) in [5, 5.41) is 32.3. The number of aliphatic hydroxyl groups excluding tert-OH is 2. The summed E-state index contributed by atoms with van der Waals surface area (Å²) in [7, 11) is 1.52. The van der Waals surface area contributed by atoms with Gasteiger partial charge in [-0.05, 0) is 96.9 Å². The van der Waals surface area contributed by atoms with Gasteiger partial charge in [-0.3, -0.25) is 19.4 Å². The highest BCUT2D eigenvalue weighted by Gasteiger charge is 2.56. The van der Waals surface area contributed by atoms with Crippen LogP contribution in [-0.2, 0) is 16.1 Å². The Hall–Kier alpha value is -2.73. The molecular weight excluding hydrogens is 683 g/mol. The molecule has 3 N–H and O–H groups in total. The number of phenolic OH excluding ortho intramolecular Hbond substituents is 1. The van der Waals surface area contributed by atoms with Crippen LogP contribution in [0.5, 0.6) is 11.5 Å². The predicted molar refractivity (Wildman–Crippen MR) is 182 cm³/mol. The Labute approximate surface area is 279 Å². The van der Waals surface area contributed by atoms with Crippen molar-refractivity contribution in [1.82, 2.24) is 9.80 Å². The van der Waals surface area contributed by atoms with Gasteiger partial charge in [0.15, 0.2) is 11.5 Å². The lowest BCUT2D eigenvalue weighted by Crippen LogP contribution is -2.47. The molecule has 2 aromatic rings. The van der Waals surface area contributed by atoms with Crippen LogP contribution in [0.1, 0.15) is 63.5 Å². The zero-order chi connectivity index (χ0) is 32.2. The zero-order valence-corrected chi connectivity index (χ0v) is 28.6. The number of imide groups is 1. The van der Waals surface area contributed by atoms with Gasteiger partial charge in [0.05, 0.1) is 35.2 Å². The van der Waals surface area contributed by atoms with E-state index in [4.69, 9.17) is 4.74 Å². The molecule has 3 aliphatic rings. The maximum Gasteiger partial charge on any atom is 0.234 e. The number of amides is 2. The number of likely N-dealkylation sites (tertiary alicyclic amines) is 2. The topological polar surface area (TPSA) is 111 Å². The van der Waals surface area contributed by atoms with Crippen LogP contribution in [0, 0.1) is 21.3 Å². The average molecular weight is 729 g/mol. The molecule has 2 amide bonds. The molecule has 2 aromatic carbocycles. The third-order valence-electron chi connectivity index (χ3n) is 9.92. The quantitative estimate of drug-likeness (QED) is 0.159. The Balaban J connectivity index is 1.25. The number of piperidine rings is 1. The summed E-state index contributed by atoms with van der Waals surface area (Å²) in [5.41, 5.74) is 4.91. The minimum atomic E-state index is -0.828. The maximum absolute atomic E-state index is 13.9. The number of halogens is 1. The lowest BCUT2D eigenvalue weighted by atomic mass is 9.68. The molecular formula is C36H45IN2O6. The highest BCUT2D eigenvalue weighted by atomic mass is 127. The lowest BCUT2D eigenvalue weighted by Gasteiger charge is -2.36. The van der Waals surface area contributed by atoms with E-state index in [1.165, 1.54) is 17.6 Å². The van der Waals surface area contributed by atoms with Gasteiger partial charge in [-0.1, -0.05) is 54.5 Å². The van der Waals surface area contributed by atoms with E-state index in [-0.39, 0.29) is 30.2 Å². The van der Waals surface area contributed by atoms with Gasteiger partial charge >= 0.3 is 0 Å². The van der Waals surface area contributed by atoms with Gasteiger partial charge in [0.2, 0.25) is 11.8 Å². The summed E-state index contributed by atoms with van der Waals surface area (Å²) in [6.45, 7) is 6.21. The van der Waals surface area contributed by atoms with Crippen molar-refractivity contribution < 1.29 is 29.6 Å². The fourth-order valence-electron chi connectivity index (χ4n) is 7.58. The predicted octanol–water partition coefficient (Wildman–Crippen LogP) is 5.53. The fourth-order valence-corrected chi connectivity index (χ4v) is 8.20. The third kappa shape index (κ3) is 7.16. The van der Waals surface area contributed by atoms with Crippen LogP contribution in [0.3, 0.4) is 0 Å². The van der Waals surface area contributed by atoms with E-state index < -0.39 is 23.9 Å². The molecule has 0 aromatic heterocycles. The van der Waals surface area contributed by atoms with Gasteiger partial charge in [0, 0.05) is 31.6 Å². The highest BCUT2D eigenvalue weighted by Crippen LogP contribution is 2.47. The second-order valence-electron chi connectivity index (χ2n) is 12.7. The van der Waals surface area contributed by atoms with Crippen LogP contribution in [0.25, 0.3) is 6.08 Å². The number of ether oxygens (including phenoxy) is 1. The second kappa shape index (κ2) is 14.8. The van der Waals surface area contributed by atoms with Crippen molar-refractivity contribution in [3.63, 3.8) is 0 Å². The van der Waals surface area contributed by atoms with E-state index in [2.05, 4.69) is 52.6 Å². The molecule has 0 saturated carbocycles. The molecule has 242 valence electrons. The van der Waals surface area contributed by atoms with Crippen molar-refractivity contribution in [3.05, 3.63) is 73.9 Å². The minimum absolute atomic E-state index is 0.115. The summed E-state index contributed by atoms with van der Waals surface area (Å²) in [4.78, 5) is 31.5. The molecule has 0 bridgehead atoms. The molecule has 5 rings (SSSR count). The summed E-state index contributed by atoms with van der Waals surface area (Å²) < 4.78 is 6.00. The molecule has 0 radical (unpaired) electrons. The van der Waals surface area contributed by atoms with Crippen LogP contribution in [0.2, 0.25) is 0 Å². The van der Waals surface area contributed by atoms with Crippen LogP contribution in [0.4, 0.5) is 0 Å². The first-order valence-corrected chi connectivity index (χ1v) is 17.1. The number of hydrogen-bond acceptors (Lipinski definition) is 7. The molecule has 1 aliphatic carbocycles. The number of carbonyl (C=O) groups is 2. The Kier molecular flexibility index (Phi) is 11.1. The molecule has 0 spiro atoms. The van der Waals surface area contributed by atoms with E-state index in [0.29, 0.717) is 28.6 Å². The molecule has 2 fully saturated rings. The van der Waals surface area contributed by atoms with Gasteiger partial charge in [0.25, 0.3) is 0 Å². The lowest BCUT2D eigenvalue weighted by molar-refractivity contribution is -0.144. The fraction of sp³-hybridized carbons (Fsp3) is 0.500. The van der Waals surface area contributed by atoms with Crippen LogP contribution in [-0.4, -0.2) is 75.9 Å². The summed E-state index contributed by atoms with van der Waals surface area (Å²) in [5.74, 6) is -1.47. The van der Waals surface area contributed by atoms with Crippen molar-refractivity contribution in [3.8, 4) is 11.5 Å². The number of nitrogens with zero attached hydrogens (tertiary/aromatic N) is 2. The standard InChI is InChI=1S/C36H45IN2O6/c1-4-23(17-25-18-29(37)34(42)31(19-25)45-3)10-11-30(41)32-22(2)16-27-33(28(32)21-40)36(44)39(35(27)43)26-12-14-38(15-13-26)20-24-8-6-5-7-9-24/h5-9,17-19,26-28,30,33,40-42H,4,10-16,20-21H2,1-3H3/b23-17+/t27-,28+,30-,33-/m1/s1. The molecule has 0 unspecified atom stereocenters. The van der Waals surface area contributed by atoms with Gasteiger partial charge < -0.3 is 20.1 Å². The van der Waals surface area contributed by atoms with E-state index in [1.54, 1.807) is 6.07 Å². The van der Waals surface area contributed by atoms with Crippen molar-refractivity contribution in [2.75, 3.05) is 26.8 Å². The van der Waals surface area contributed by atoms with Gasteiger partial charge in [-0.15, -0.1) is 0 Å². The summed E-state index contributed by atoms with van der Waals surface area (Å²) in [6, 6.07) is 13.9. The van der Waals surface area contributed by atoms with Crippen molar-refractivity contribution in [1.29, 1.82) is 0 Å². The molecule has 8 nitrogen and oxygen atoms in total. The summed E-state index contributed by atoms with van der Waals surface area (Å²) in [6.07, 6.45) is 5.00. The average Bonchev–Trinajstić information content (AvgIpc) is 3.29. The number of aromatic hydroxyl groups is 1.